The Hall–Kier alpha value is -1.56. The van der Waals surface area contributed by atoms with Gasteiger partial charge in [0.2, 0.25) is 0 Å². The molecular weight excluding hydrogens is 261 g/mol. The molecule has 0 saturated heterocycles. The molecule has 0 amide bonds. The maximum absolute atomic E-state index is 12.9. The summed E-state index contributed by atoms with van der Waals surface area (Å²) in [6.45, 7) is 1.46. The highest BCUT2D eigenvalue weighted by Gasteiger charge is 2.54. The van der Waals surface area contributed by atoms with E-state index in [0.717, 1.165) is 0 Å². The Kier molecular flexibility index (Phi) is 4.94. The van der Waals surface area contributed by atoms with Crippen molar-refractivity contribution in [2.75, 3.05) is 6.61 Å². The monoisotopic (exact) mass is 276 g/mol. The second-order valence-corrected chi connectivity index (χ2v) is 4.17. The van der Waals surface area contributed by atoms with Crippen LogP contribution in [0.2, 0.25) is 0 Å². The molecule has 106 valence electrons. The minimum Gasteiger partial charge on any atom is -0.466 e. The third-order valence-electron chi connectivity index (χ3n) is 2.61. The van der Waals surface area contributed by atoms with Crippen molar-refractivity contribution in [2.45, 2.75) is 31.5 Å². The number of hydrogen-bond donors (Lipinski definition) is 1. The molecule has 0 aliphatic heterocycles. The molecule has 0 aliphatic rings. The molecule has 0 aromatic heterocycles. The lowest BCUT2D eigenvalue weighted by Gasteiger charge is -2.29. The van der Waals surface area contributed by atoms with E-state index in [1.54, 1.807) is 18.2 Å². The van der Waals surface area contributed by atoms with Crippen LogP contribution in [0.1, 0.15) is 18.9 Å². The van der Waals surface area contributed by atoms with Gasteiger partial charge in [0, 0.05) is 6.42 Å². The smallest absolute Gasteiger partial charge is 0.418 e. The van der Waals surface area contributed by atoms with Gasteiger partial charge in [-0.1, -0.05) is 30.3 Å². The van der Waals surface area contributed by atoms with Crippen LogP contribution in [0.25, 0.3) is 0 Å². The predicted molar refractivity (Wildman–Crippen MR) is 62.4 cm³/mol. The fourth-order valence-electron chi connectivity index (χ4n) is 1.65. The minimum atomic E-state index is -4.91. The summed E-state index contributed by atoms with van der Waals surface area (Å²) in [7, 11) is 0. The van der Waals surface area contributed by atoms with Gasteiger partial charge in [-0.15, -0.1) is 0 Å². The van der Waals surface area contributed by atoms with E-state index in [1.165, 1.54) is 19.1 Å². The summed E-state index contributed by atoms with van der Waals surface area (Å²) in [5, 5.41) is 9.77. The van der Waals surface area contributed by atoms with Gasteiger partial charge in [0.1, 0.15) is 0 Å². The molecule has 1 N–H and O–H groups in total. The van der Waals surface area contributed by atoms with E-state index >= 15 is 0 Å². The van der Waals surface area contributed by atoms with Gasteiger partial charge in [0.05, 0.1) is 13.0 Å². The lowest BCUT2D eigenvalue weighted by Crippen LogP contribution is -2.49. The number of halogens is 3. The Morgan fingerprint density at radius 3 is 2.32 bits per heavy atom. The van der Waals surface area contributed by atoms with Crippen LogP contribution in [0.4, 0.5) is 13.2 Å². The van der Waals surface area contributed by atoms with E-state index < -0.39 is 30.6 Å². The summed E-state index contributed by atoms with van der Waals surface area (Å²) in [5.74, 6) is -1.07. The molecule has 0 radical (unpaired) electrons. The third-order valence-corrected chi connectivity index (χ3v) is 2.61. The first-order valence-electron chi connectivity index (χ1n) is 5.77. The van der Waals surface area contributed by atoms with Gasteiger partial charge >= 0.3 is 12.1 Å². The van der Waals surface area contributed by atoms with Gasteiger partial charge in [-0.25, -0.2) is 0 Å². The Labute approximate surface area is 109 Å². The molecule has 1 aromatic rings. The number of alkyl halides is 3. The first kappa shape index (κ1) is 15.5. The van der Waals surface area contributed by atoms with Crippen LogP contribution in [0.15, 0.2) is 30.3 Å². The molecule has 0 bridgehead atoms. The molecule has 1 rings (SSSR count). The Morgan fingerprint density at radius 1 is 1.26 bits per heavy atom. The van der Waals surface area contributed by atoms with Crippen molar-refractivity contribution in [3.63, 3.8) is 0 Å². The maximum Gasteiger partial charge on any atom is 0.418 e. The zero-order valence-electron chi connectivity index (χ0n) is 10.4. The van der Waals surface area contributed by atoms with Crippen LogP contribution in [-0.4, -0.2) is 29.5 Å². The van der Waals surface area contributed by atoms with Crippen LogP contribution < -0.4 is 0 Å². The molecule has 1 aromatic carbocycles. The van der Waals surface area contributed by atoms with Crippen molar-refractivity contribution in [2.24, 2.45) is 0 Å². The minimum absolute atomic E-state index is 0.0297. The lowest BCUT2D eigenvalue weighted by molar-refractivity contribution is -0.262. The number of ether oxygens (including phenoxy) is 1. The summed E-state index contributed by atoms with van der Waals surface area (Å²) in [6, 6.07) is 7.71. The molecule has 0 saturated carbocycles. The third kappa shape index (κ3) is 4.24. The van der Waals surface area contributed by atoms with Crippen molar-refractivity contribution in [3.8, 4) is 0 Å². The highest BCUT2D eigenvalue weighted by atomic mass is 19.4. The van der Waals surface area contributed by atoms with E-state index in [2.05, 4.69) is 4.74 Å². The Morgan fingerprint density at radius 2 is 1.84 bits per heavy atom. The summed E-state index contributed by atoms with van der Waals surface area (Å²) in [4.78, 5) is 11.2. The van der Waals surface area contributed by atoms with Crippen molar-refractivity contribution in [3.05, 3.63) is 35.9 Å². The molecule has 0 heterocycles. The molecule has 3 nitrogen and oxygen atoms in total. The van der Waals surface area contributed by atoms with Crippen LogP contribution in [0, 0.1) is 0 Å². The van der Waals surface area contributed by atoms with E-state index in [1.807, 2.05) is 0 Å². The van der Waals surface area contributed by atoms with Crippen molar-refractivity contribution in [1.29, 1.82) is 0 Å². The summed E-state index contributed by atoms with van der Waals surface area (Å²) < 4.78 is 43.3. The normalized spacial score (nSPS) is 14.8. The van der Waals surface area contributed by atoms with Gasteiger partial charge in [0.25, 0.3) is 0 Å². The highest BCUT2D eigenvalue weighted by Crippen LogP contribution is 2.36. The fourth-order valence-corrected chi connectivity index (χ4v) is 1.65. The zero-order valence-corrected chi connectivity index (χ0v) is 10.4. The van der Waals surface area contributed by atoms with Gasteiger partial charge < -0.3 is 9.84 Å². The predicted octanol–water partition coefficient (Wildman–Crippen LogP) is 2.48. The van der Waals surface area contributed by atoms with E-state index in [4.69, 9.17) is 0 Å². The van der Waals surface area contributed by atoms with Crippen molar-refractivity contribution in [1.82, 2.24) is 0 Å². The van der Waals surface area contributed by atoms with E-state index in [0.29, 0.717) is 5.56 Å². The van der Waals surface area contributed by atoms with Gasteiger partial charge in [0.15, 0.2) is 5.60 Å². The SMILES string of the molecule is CCOC(=O)CC(O)(Cc1ccccc1)C(F)(F)F. The van der Waals surface area contributed by atoms with Gasteiger partial charge in [-0.3, -0.25) is 4.79 Å². The van der Waals surface area contributed by atoms with Crippen LogP contribution in [0.3, 0.4) is 0 Å². The van der Waals surface area contributed by atoms with Crippen LogP contribution in [0.5, 0.6) is 0 Å². The number of esters is 1. The molecular formula is C13H15F3O3. The van der Waals surface area contributed by atoms with E-state index in [9.17, 15) is 23.1 Å². The summed E-state index contributed by atoms with van der Waals surface area (Å²) >= 11 is 0. The summed E-state index contributed by atoms with van der Waals surface area (Å²) in [6.07, 6.45) is -6.70. The number of benzene rings is 1. The average Bonchev–Trinajstić information content (AvgIpc) is 2.28. The Balaban J connectivity index is 2.91. The van der Waals surface area contributed by atoms with E-state index in [-0.39, 0.29) is 6.61 Å². The van der Waals surface area contributed by atoms with Gasteiger partial charge in [-0.05, 0) is 12.5 Å². The molecule has 1 unspecified atom stereocenters. The zero-order chi connectivity index (χ0) is 14.5. The maximum atomic E-state index is 12.9. The second-order valence-electron chi connectivity index (χ2n) is 4.17. The number of hydrogen-bond acceptors (Lipinski definition) is 3. The topological polar surface area (TPSA) is 46.5 Å². The first-order chi connectivity index (χ1) is 8.78. The largest absolute Gasteiger partial charge is 0.466 e. The molecule has 0 fully saturated rings. The number of rotatable bonds is 5. The lowest BCUT2D eigenvalue weighted by atomic mass is 9.90. The number of carbonyl (C=O) groups is 1. The van der Waals surface area contributed by atoms with Crippen molar-refractivity contribution >= 4 is 5.97 Å². The molecule has 0 aliphatic carbocycles. The van der Waals surface area contributed by atoms with Gasteiger partial charge in [-0.2, -0.15) is 13.2 Å². The van der Waals surface area contributed by atoms with Crippen molar-refractivity contribution < 1.29 is 27.8 Å². The van der Waals surface area contributed by atoms with Crippen LogP contribution in [-0.2, 0) is 16.0 Å². The van der Waals surface area contributed by atoms with Crippen LogP contribution >= 0.6 is 0 Å². The number of carbonyl (C=O) groups excluding carboxylic acids is 1. The first-order valence-corrected chi connectivity index (χ1v) is 5.77. The second kappa shape index (κ2) is 6.06. The summed E-state index contributed by atoms with van der Waals surface area (Å²) in [5.41, 5.74) is -2.81. The highest BCUT2D eigenvalue weighted by molar-refractivity contribution is 5.71. The molecule has 1 atom stereocenters. The molecule has 19 heavy (non-hydrogen) atoms. The standard InChI is InChI=1S/C13H15F3O3/c1-2-19-11(17)9-12(18,13(14,15)16)8-10-6-4-3-5-7-10/h3-7,18H,2,8-9H2,1H3. The molecule has 0 spiro atoms. The number of aliphatic hydroxyl groups is 1. The average molecular weight is 276 g/mol. The quantitative estimate of drug-likeness (QED) is 0.840. The fraction of sp³-hybridized carbons (Fsp3) is 0.462. The molecule has 6 heteroatoms. The Bertz CT molecular complexity index is 417.